The minimum absolute atomic E-state index is 0.196. The van der Waals surface area contributed by atoms with Crippen LogP contribution in [0.15, 0.2) is 48.5 Å². The molecule has 0 saturated heterocycles. The van der Waals surface area contributed by atoms with Gasteiger partial charge in [0, 0.05) is 21.1 Å². The van der Waals surface area contributed by atoms with Gasteiger partial charge >= 0.3 is 11.9 Å². The van der Waals surface area contributed by atoms with Gasteiger partial charge in [-0.05, 0) is 24.3 Å². The second-order valence-corrected chi connectivity index (χ2v) is 7.59. The summed E-state index contributed by atoms with van der Waals surface area (Å²) in [7, 11) is 3.19. The van der Waals surface area contributed by atoms with E-state index in [4.69, 9.17) is 44.9 Å². The Labute approximate surface area is 239 Å². The number of nitrogens with one attached hydrogen (secondary N) is 2. The summed E-state index contributed by atoms with van der Waals surface area (Å²) in [5.74, 6) is 9.31. The molecule has 0 bridgehead atoms. The number of nitrogen functional groups attached to an aromatic ring is 2. The number of ketones is 1. The lowest BCUT2D eigenvalue weighted by Crippen LogP contribution is -2.16. The van der Waals surface area contributed by atoms with Crippen LogP contribution in [0.25, 0.3) is 0 Å². The van der Waals surface area contributed by atoms with E-state index in [0.29, 0.717) is 62.1 Å². The molecule has 0 aliphatic heterocycles. The van der Waals surface area contributed by atoms with Crippen molar-refractivity contribution in [1.29, 1.82) is 0 Å². The van der Waals surface area contributed by atoms with Gasteiger partial charge in [0.2, 0.25) is 0 Å². The molecule has 14 heteroatoms. The van der Waals surface area contributed by atoms with Crippen LogP contribution in [0, 0.1) is 0 Å². The van der Waals surface area contributed by atoms with Crippen molar-refractivity contribution in [2.24, 2.45) is 11.7 Å². The Balaban J connectivity index is 0.000000671. The van der Waals surface area contributed by atoms with Crippen molar-refractivity contribution in [3.05, 3.63) is 59.7 Å². The number of ether oxygens (including phenoxy) is 6. The molecule has 0 atom stereocenters. The average molecular weight is 581 g/mol. The van der Waals surface area contributed by atoms with E-state index in [9.17, 15) is 14.4 Å². The molecule has 0 aliphatic rings. The predicted molar refractivity (Wildman–Crippen MR) is 151 cm³/mol. The van der Waals surface area contributed by atoms with Gasteiger partial charge in [0.25, 0.3) is 0 Å². The number of methoxy groups -OCH3 is 2. The van der Waals surface area contributed by atoms with Crippen LogP contribution in [0.1, 0.15) is 27.6 Å². The third kappa shape index (κ3) is 18.1. The van der Waals surface area contributed by atoms with Crippen LogP contribution in [0.4, 0.5) is 11.4 Å². The first-order valence-electron chi connectivity index (χ1n) is 12.4. The standard InChI is InChI=1S/2C12H18N2O4.C3H4O2/c2*1-16-6-7-17-8-9-18-12(15)10-4-2-3-5-11(10)14-13;1-3(5)2-4/h2*2-5,14H,6-9,13H2,1H3;2H,1H3. The minimum atomic E-state index is -0.432. The molecule has 228 valence electrons. The van der Waals surface area contributed by atoms with Gasteiger partial charge in [0.15, 0.2) is 12.1 Å². The molecule has 2 rings (SSSR count). The normalized spacial score (nSPS) is 9.68. The summed E-state index contributed by atoms with van der Waals surface area (Å²) < 4.78 is 30.1. The molecule has 0 saturated carbocycles. The molecule has 6 N–H and O–H groups in total. The summed E-state index contributed by atoms with van der Waals surface area (Å²) in [6.45, 7) is 4.29. The fourth-order valence-corrected chi connectivity index (χ4v) is 2.60. The van der Waals surface area contributed by atoms with E-state index < -0.39 is 17.7 Å². The van der Waals surface area contributed by atoms with Crippen molar-refractivity contribution in [3.63, 3.8) is 0 Å². The lowest BCUT2D eigenvalue weighted by atomic mass is 10.2. The van der Waals surface area contributed by atoms with Crippen molar-refractivity contribution in [1.82, 2.24) is 0 Å². The summed E-state index contributed by atoms with van der Waals surface area (Å²) in [4.78, 5) is 42.0. The summed E-state index contributed by atoms with van der Waals surface area (Å²) in [5.41, 5.74) is 6.75. The van der Waals surface area contributed by atoms with Gasteiger partial charge in [-0.25, -0.2) is 9.59 Å². The zero-order valence-corrected chi connectivity index (χ0v) is 23.6. The Morgan fingerprint density at radius 3 is 1.32 bits per heavy atom. The van der Waals surface area contributed by atoms with E-state index >= 15 is 0 Å². The van der Waals surface area contributed by atoms with Crippen molar-refractivity contribution < 1.29 is 47.6 Å². The summed E-state index contributed by atoms with van der Waals surface area (Å²) in [6.07, 6.45) is 0.278. The van der Waals surface area contributed by atoms with Gasteiger partial charge in [-0.1, -0.05) is 24.3 Å². The molecule has 0 fully saturated rings. The van der Waals surface area contributed by atoms with Gasteiger partial charge < -0.3 is 39.3 Å². The number of Topliss-reactive ketones (excluding diaryl/α,β-unsaturated/α-hetero) is 1. The maximum atomic E-state index is 11.7. The quantitative estimate of drug-likeness (QED) is 0.0522. The van der Waals surface area contributed by atoms with Gasteiger partial charge in [0.1, 0.15) is 13.2 Å². The molecule has 0 aromatic heterocycles. The maximum absolute atomic E-state index is 11.7. The number of anilines is 2. The average Bonchev–Trinajstić information content (AvgIpc) is 3.00. The molecule has 0 radical (unpaired) electrons. The number of hydrazine groups is 2. The Kier molecular flexibility index (Phi) is 22.7. The fourth-order valence-electron chi connectivity index (χ4n) is 2.60. The monoisotopic (exact) mass is 580 g/mol. The van der Waals surface area contributed by atoms with E-state index in [1.165, 1.54) is 6.92 Å². The zero-order chi connectivity index (χ0) is 30.7. The van der Waals surface area contributed by atoms with Crippen LogP contribution < -0.4 is 22.5 Å². The smallest absolute Gasteiger partial charge is 0.340 e. The highest BCUT2D eigenvalue weighted by molar-refractivity contribution is 6.23. The third-order valence-electron chi connectivity index (χ3n) is 4.56. The first-order chi connectivity index (χ1) is 19.9. The highest BCUT2D eigenvalue weighted by atomic mass is 16.6. The van der Waals surface area contributed by atoms with Gasteiger partial charge in [-0.3, -0.25) is 21.3 Å². The van der Waals surface area contributed by atoms with E-state index in [-0.39, 0.29) is 19.5 Å². The van der Waals surface area contributed by atoms with Gasteiger partial charge in [-0.2, -0.15) is 0 Å². The van der Waals surface area contributed by atoms with Crippen molar-refractivity contribution in [2.75, 3.05) is 77.9 Å². The molecule has 0 heterocycles. The number of para-hydroxylation sites is 2. The third-order valence-corrected chi connectivity index (χ3v) is 4.56. The predicted octanol–water partition coefficient (Wildman–Crippen LogP) is 1.36. The van der Waals surface area contributed by atoms with E-state index in [1.54, 1.807) is 62.8 Å². The second kappa shape index (κ2) is 25.1. The summed E-state index contributed by atoms with van der Waals surface area (Å²) >= 11 is 0. The maximum Gasteiger partial charge on any atom is 0.340 e. The Bertz CT molecular complexity index is 952. The number of carbonyl (C=O) groups is 4. The molecule has 41 heavy (non-hydrogen) atoms. The van der Waals surface area contributed by atoms with E-state index in [0.717, 1.165) is 0 Å². The molecule has 0 aliphatic carbocycles. The molecule has 0 amide bonds. The zero-order valence-electron chi connectivity index (χ0n) is 23.6. The lowest BCUT2D eigenvalue weighted by molar-refractivity contribution is -0.128. The van der Waals surface area contributed by atoms with Crippen LogP contribution >= 0.6 is 0 Å². The van der Waals surface area contributed by atoms with Crippen LogP contribution in [-0.4, -0.2) is 91.1 Å². The van der Waals surface area contributed by atoms with Crippen LogP contribution in [0.2, 0.25) is 0 Å². The molecular formula is C27H40N4O10. The van der Waals surface area contributed by atoms with Crippen LogP contribution in [0.3, 0.4) is 0 Å². The highest BCUT2D eigenvalue weighted by Gasteiger charge is 2.12. The molecule has 0 spiro atoms. The topological polar surface area (TPSA) is 200 Å². The number of rotatable bonds is 17. The van der Waals surface area contributed by atoms with Gasteiger partial charge in [0.05, 0.1) is 62.1 Å². The number of aldehydes is 1. The molecule has 14 nitrogen and oxygen atoms in total. The first kappa shape index (κ1) is 37.1. The number of hydrogen-bond acceptors (Lipinski definition) is 14. The van der Waals surface area contributed by atoms with Crippen LogP contribution in [0.5, 0.6) is 0 Å². The number of esters is 2. The first-order valence-corrected chi connectivity index (χ1v) is 12.4. The Hall–Kier alpha value is -3.92. The van der Waals surface area contributed by atoms with Crippen LogP contribution in [-0.2, 0) is 38.0 Å². The number of benzene rings is 2. The summed E-state index contributed by atoms with van der Waals surface area (Å²) in [6, 6.07) is 13.7. The molecule has 2 aromatic rings. The molecular weight excluding hydrogens is 540 g/mol. The second-order valence-electron chi connectivity index (χ2n) is 7.59. The largest absolute Gasteiger partial charge is 0.460 e. The van der Waals surface area contributed by atoms with Gasteiger partial charge in [-0.15, -0.1) is 0 Å². The van der Waals surface area contributed by atoms with Crippen molar-refractivity contribution >= 4 is 35.4 Å². The molecule has 0 unspecified atom stereocenters. The van der Waals surface area contributed by atoms with Crippen molar-refractivity contribution in [3.8, 4) is 0 Å². The highest BCUT2D eigenvalue weighted by Crippen LogP contribution is 2.15. The van der Waals surface area contributed by atoms with E-state index in [1.807, 2.05) is 0 Å². The number of carbonyl (C=O) groups excluding carboxylic acids is 4. The SMILES string of the molecule is CC(=O)C=O.COCCOCCOC(=O)c1ccccc1NN.COCCOCCOC(=O)c1ccccc1NN. The van der Waals surface area contributed by atoms with E-state index in [2.05, 4.69) is 10.9 Å². The minimum Gasteiger partial charge on any atom is -0.460 e. The van der Waals surface area contributed by atoms with Crippen molar-refractivity contribution in [2.45, 2.75) is 6.92 Å². The molecule has 2 aromatic carbocycles. The number of nitrogens with two attached hydrogens (primary N) is 2. The Morgan fingerprint density at radius 2 is 1.00 bits per heavy atom. The summed E-state index contributed by atoms with van der Waals surface area (Å²) in [5, 5.41) is 0. The Morgan fingerprint density at radius 1 is 0.659 bits per heavy atom. The fraction of sp³-hybridized carbons (Fsp3) is 0.407. The number of hydrogen-bond donors (Lipinski definition) is 4. The lowest BCUT2D eigenvalue weighted by Gasteiger charge is -2.09.